The van der Waals surface area contributed by atoms with Crippen LogP contribution in [0.2, 0.25) is 0 Å². The molecule has 3 fully saturated rings. The lowest BCUT2D eigenvalue weighted by Crippen LogP contribution is -2.41. The topological polar surface area (TPSA) is 0 Å². The summed E-state index contributed by atoms with van der Waals surface area (Å²) in [4.78, 5) is 0. The number of halogens is 5. The van der Waals surface area contributed by atoms with Crippen LogP contribution in [0.25, 0.3) is 0 Å². The normalized spacial score (nSPS) is 33.9. The van der Waals surface area contributed by atoms with E-state index in [1.165, 1.54) is 32.1 Å². The van der Waals surface area contributed by atoms with Gasteiger partial charge in [0.1, 0.15) is 17.2 Å². The van der Waals surface area contributed by atoms with Crippen molar-refractivity contribution in [2.24, 2.45) is 29.6 Å². The van der Waals surface area contributed by atoms with Crippen LogP contribution in [0.15, 0.2) is 24.3 Å². The second-order valence-electron chi connectivity index (χ2n) is 10.1. The third-order valence-corrected chi connectivity index (χ3v) is 8.26. The van der Waals surface area contributed by atoms with Crippen LogP contribution >= 0.6 is 0 Å². The summed E-state index contributed by atoms with van der Waals surface area (Å²) >= 11 is 0. The number of hydrogen-bond acceptors (Lipinski definition) is 0. The molecule has 0 radical (unpaired) electrons. The van der Waals surface area contributed by atoms with Crippen LogP contribution < -0.4 is 0 Å². The molecular weight excluding hydrogens is 407 g/mol. The predicted molar refractivity (Wildman–Crippen MR) is 113 cm³/mol. The van der Waals surface area contributed by atoms with E-state index in [0.29, 0.717) is 23.3 Å². The van der Waals surface area contributed by atoms with Crippen molar-refractivity contribution >= 4 is 0 Å². The molecule has 3 aliphatic carbocycles. The molecule has 31 heavy (non-hydrogen) atoms. The number of hydrogen-bond donors (Lipinski definition) is 0. The van der Waals surface area contributed by atoms with Gasteiger partial charge in [0.2, 0.25) is 0 Å². The minimum Gasteiger partial charge on any atom is -0.206 e. The Kier molecular flexibility index (Phi) is 6.79. The quantitative estimate of drug-likeness (QED) is 0.324. The van der Waals surface area contributed by atoms with E-state index in [1.54, 1.807) is 0 Å². The van der Waals surface area contributed by atoms with Gasteiger partial charge in [-0.15, -0.1) is 0 Å². The maximum absolute atomic E-state index is 14.1. The highest BCUT2D eigenvalue weighted by molar-refractivity contribution is 5.31. The Morgan fingerprint density at radius 3 is 2.10 bits per heavy atom. The van der Waals surface area contributed by atoms with Gasteiger partial charge in [0.05, 0.1) is 0 Å². The molecule has 0 heterocycles. The van der Waals surface area contributed by atoms with Crippen molar-refractivity contribution in [2.75, 3.05) is 0 Å². The summed E-state index contributed by atoms with van der Waals surface area (Å²) in [5.74, 6) is 0.419. The summed E-state index contributed by atoms with van der Waals surface area (Å²) in [5.41, 5.74) is -1.37. The second-order valence-corrected chi connectivity index (χ2v) is 10.1. The average Bonchev–Trinajstić information content (AvgIpc) is 2.71. The van der Waals surface area contributed by atoms with Crippen molar-refractivity contribution in [2.45, 2.75) is 83.2 Å². The van der Waals surface area contributed by atoms with Crippen molar-refractivity contribution in [3.63, 3.8) is 0 Å². The summed E-state index contributed by atoms with van der Waals surface area (Å²) in [5, 5.41) is 0. The predicted octanol–water partition coefficient (Wildman–Crippen LogP) is 8.67. The molecule has 1 aromatic rings. The van der Waals surface area contributed by atoms with Gasteiger partial charge in [0.15, 0.2) is 0 Å². The fraction of sp³-hybridized carbons (Fsp3) is 0.692. The number of allylic oxidation sites excluding steroid dienone is 2. The smallest absolute Gasteiger partial charge is 0.206 e. The lowest BCUT2D eigenvalue weighted by Gasteiger charge is -2.50. The number of rotatable bonds is 4. The monoisotopic (exact) mass is 440 g/mol. The van der Waals surface area contributed by atoms with Gasteiger partial charge in [0, 0.05) is 0 Å². The van der Waals surface area contributed by atoms with E-state index in [2.05, 4.69) is 19.1 Å². The van der Waals surface area contributed by atoms with Gasteiger partial charge in [-0.1, -0.05) is 25.5 Å². The minimum absolute atomic E-state index is 0.0441. The number of fused-ring (bicyclic) bond motifs is 3. The Morgan fingerprint density at radius 2 is 1.48 bits per heavy atom. The molecule has 5 heteroatoms. The fourth-order valence-corrected chi connectivity index (χ4v) is 6.86. The second kappa shape index (κ2) is 9.23. The fourth-order valence-electron chi connectivity index (χ4n) is 6.86. The molecule has 0 aliphatic heterocycles. The van der Waals surface area contributed by atoms with Crippen molar-refractivity contribution in [1.82, 2.24) is 0 Å². The first kappa shape index (κ1) is 22.8. The summed E-state index contributed by atoms with van der Waals surface area (Å²) in [6.45, 7) is 2.20. The molecular formula is C26H33F5. The zero-order valence-electron chi connectivity index (χ0n) is 18.2. The summed E-state index contributed by atoms with van der Waals surface area (Å²) < 4.78 is 66.9. The van der Waals surface area contributed by atoms with Gasteiger partial charge in [0.25, 0.3) is 0 Å². The molecule has 0 aromatic heterocycles. The van der Waals surface area contributed by atoms with E-state index in [-0.39, 0.29) is 5.92 Å². The van der Waals surface area contributed by atoms with Crippen LogP contribution in [0.4, 0.5) is 22.0 Å². The van der Waals surface area contributed by atoms with Crippen LogP contribution in [-0.2, 0) is 6.18 Å². The molecule has 3 saturated carbocycles. The van der Waals surface area contributed by atoms with Crippen molar-refractivity contribution in [1.29, 1.82) is 0 Å². The first-order valence-electron chi connectivity index (χ1n) is 12.0. The maximum Gasteiger partial charge on any atom is 0.422 e. The van der Waals surface area contributed by atoms with Crippen molar-refractivity contribution in [3.8, 4) is 0 Å². The molecule has 6 unspecified atom stereocenters. The van der Waals surface area contributed by atoms with Crippen molar-refractivity contribution < 1.29 is 22.0 Å². The maximum atomic E-state index is 14.1. The highest BCUT2D eigenvalue weighted by atomic mass is 19.4. The van der Waals surface area contributed by atoms with Gasteiger partial charge in [-0.05, 0) is 111 Å². The Balaban J connectivity index is 1.42. The van der Waals surface area contributed by atoms with Crippen LogP contribution in [0.5, 0.6) is 0 Å². The third kappa shape index (κ3) is 4.85. The Labute approximate surface area is 182 Å². The highest BCUT2D eigenvalue weighted by Crippen LogP contribution is 2.55. The molecule has 0 bridgehead atoms. The molecule has 0 nitrogen and oxygen atoms in total. The Bertz CT molecular complexity index is 772. The zero-order valence-corrected chi connectivity index (χ0v) is 18.2. The van der Waals surface area contributed by atoms with Crippen LogP contribution in [0.1, 0.15) is 88.2 Å². The van der Waals surface area contributed by atoms with Crippen LogP contribution in [-0.4, -0.2) is 0 Å². The molecule has 0 saturated heterocycles. The number of alkyl halides is 3. The Morgan fingerprint density at radius 1 is 0.871 bits per heavy atom. The first-order valence-corrected chi connectivity index (χ1v) is 12.0. The van der Waals surface area contributed by atoms with Gasteiger partial charge >= 0.3 is 6.18 Å². The molecule has 1 aromatic carbocycles. The van der Waals surface area contributed by atoms with Crippen LogP contribution in [0, 0.1) is 41.2 Å². The van der Waals surface area contributed by atoms with E-state index in [1.807, 2.05) is 0 Å². The van der Waals surface area contributed by atoms with Gasteiger partial charge < -0.3 is 0 Å². The average molecular weight is 441 g/mol. The van der Waals surface area contributed by atoms with E-state index >= 15 is 0 Å². The molecule has 172 valence electrons. The van der Waals surface area contributed by atoms with Gasteiger partial charge in [-0.25, -0.2) is 8.78 Å². The minimum atomic E-state index is -5.01. The SMILES string of the molecule is CCCC=CC1CCC2C(CCC3CC(c4cc(F)c(C(F)(F)F)c(F)c4)CCC32)C1. The number of unbranched alkanes of at least 4 members (excludes halogenated alkanes) is 1. The largest absolute Gasteiger partial charge is 0.422 e. The molecule has 0 N–H and O–H groups in total. The van der Waals surface area contributed by atoms with Crippen LogP contribution in [0.3, 0.4) is 0 Å². The molecule has 4 rings (SSSR count). The Hall–Kier alpha value is -1.39. The van der Waals surface area contributed by atoms with Gasteiger partial charge in [-0.3, -0.25) is 0 Å². The highest BCUT2D eigenvalue weighted by Gasteiger charge is 2.45. The van der Waals surface area contributed by atoms with E-state index in [4.69, 9.17) is 0 Å². The molecule has 0 spiro atoms. The zero-order chi connectivity index (χ0) is 22.2. The summed E-state index contributed by atoms with van der Waals surface area (Å²) in [6, 6.07) is 1.85. The van der Waals surface area contributed by atoms with E-state index in [9.17, 15) is 22.0 Å². The van der Waals surface area contributed by atoms with Crippen molar-refractivity contribution in [3.05, 3.63) is 47.0 Å². The first-order chi connectivity index (χ1) is 14.8. The standard InChI is InChI=1S/C26H33F5/c1-2-3-4-5-16-6-10-21-18(12-16)7-8-19-13-17(9-11-22(19)21)20-14-23(27)25(24(28)15-20)26(29,30)31/h4-5,14-19,21-22H,2-3,6-13H2,1H3. The summed E-state index contributed by atoms with van der Waals surface area (Å²) in [7, 11) is 0. The number of benzene rings is 1. The molecule has 0 amide bonds. The van der Waals surface area contributed by atoms with E-state index in [0.717, 1.165) is 56.1 Å². The van der Waals surface area contributed by atoms with Gasteiger partial charge in [-0.2, -0.15) is 13.2 Å². The van der Waals surface area contributed by atoms with E-state index < -0.39 is 23.4 Å². The molecule has 3 aliphatic rings. The third-order valence-electron chi connectivity index (χ3n) is 8.26. The lowest BCUT2D eigenvalue weighted by atomic mass is 9.55. The lowest BCUT2D eigenvalue weighted by molar-refractivity contribution is -0.142. The summed E-state index contributed by atoms with van der Waals surface area (Å²) in [6.07, 6.45) is 10.9. The molecule has 6 atom stereocenters.